The van der Waals surface area contributed by atoms with Crippen LogP contribution in [0.1, 0.15) is 37.3 Å². The molecule has 2 aliphatic heterocycles. The maximum Gasteiger partial charge on any atom is 0.243 e. The fourth-order valence-corrected chi connectivity index (χ4v) is 4.45. The number of benzene rings is 2. The molecule has 5 nitrogen and oxygen atoms in total. The Kier molecular flexibility index (Phi) is 5.95. The summed E-state index contributed by atoms with van der Waals surface area (Å²) in [5, 5.41) is 3.23. The quantitative estimate of drug-likeness (QED) is 0.852. The van der Waals surface area contributed by atoms with E-state index in [4.69, 9.17) is 0 Å². The van der Waals surface area contributed by atoms with Crippen LogP contribution in [-0.2, 0) is 22.6 Å². The van der Waals surface area contributed by atoms with Crippen LogP contribution in [0.15, 0.2) is 54.6 Å². The standard InChI is InChI=1S/C24H29N3O2/c1-2-23(28)27-21-11-7-6-10-19(21)16-22(27)24(29)25-20-12-14-26(15-13-20)17-18-8-4-3-5-9-18/h3-11,20,22H,2,12-17H2,1H3,(H,25,29)/t22-/m0/s1. The zero-order chi connectivity index (χ0) is 20.2. The van der Waals surface area contributed by atoms with E-state index in [0.29, 0.717) is 12.8 Å². The van der Waals surface area contributed by atoms with Gasteiger partial charge >= 0.3 is 0 Å². The summed E-state index contributed by atoms with van der Waals surface area (Å²) in [4.78, 5) is 29.8. The van der Waals surface area contributed by atoms with Crippen molar-refractivity contribution in [1.29, 1.82) is 0 Å². The van der Waals surface area contributed by atoms with Crippen molar-refractivity contribution in [3.05, 3.63) is 65.7 Å². The number of carbonyl (C=O) groups is 2. The highest BCUT2D eigenvalue weighted by Crippen LogP contribution is 2.32. The molecule has 1 N–H and O–H groups in total. The zero-order valence-corrected chi connectivity index (χ0v) is 17.0. The van der Waals surface area contributed by atoms with Crippen molar-refractivity contribution in [2.75, 3.05) is 18.0 Å². The van der Waals surface area contributed by atoms with Gasteiger partial charge in [-0.05, 0) is 30.0 Å². The van der Waals surface area contributed by atoms with E-state index in [1.807, 2.05) is 37.3 Å². The van der Waals surface area contributed by atoms with E-state index in [0.717, 1.165) is 43.7 Å². The van der Waals surface area contributed by atoms with Gasteiger partial charge in [-0.3, -0.25) is 19.4 Å². The second kappa shape index (κ2) is 8.78. The normalized spacial score (nSPS) is 19.8. The SMILES string of the molecule is CCC(=O)N1c2ccccc2C[C@H]1C(=O)NC1CCN(Cc2ccccc2)CC1. The van der Waals surface area contributed by atoms with Crippen LogP contribution in [0.4, 0.5) is 5.69 Å². The highest BCUT2D eigenvalue weighted by atomic mass is 16.2. The first-order valence-corrected chi connectivity index (χ1v) is 10.6. The van der Waals surface area contributed by atoms with E-state index in [1.165, 1.54) is 5.56 Å². The fourth-order valence-electron chi connectivity index (χ4n) is 4.45. The molecule has 0 radical (unpaired) electrons. The summed E-state index contributed by atoms with van der Waals surface area (Å²) in [5.41, 5.74) is 3.29. The Morgan fingerprint density at radius 3 is 2.41 bits per heavy atom. The average Bonchev–Trinajstić information content (AvgIpc) is 3.15. The van der Waals surface area contributed by atoms with Gasteiger partial charge in [0.15, 0.2) is 0 Å². The number of amides is 2. The minimum absolute atomic E-state index is 0.00720. The van der Waals surface area contributed by atoms with Crippen LogP contribution < -0.4 is 10.2 Å². The summed E-state index contributed by atoms with van der Waals surface area (Å²) in [5.74, 6) is -0.0164. The van der Waals surface area contributed by atoms with E-state index >= 15 is 0 Å². The number of piperidine rings is 1. The lowest BCUT2D eigenvalue weighted by molar-refractivity contribution is -0.126. The predicted octanol–water partition coefficient (Wildman–Crippen LogP) is 3.14. The lowest BCUT2D eigenvalue weighted by Crippen LogP contribution is -2.52. The zero-order valence-electron chi connectivity index (χ0n) is 17.0. The molecule has 2 aromatic carbocycles. The molecule has 5 heteroatoms. The smallest absolute Gasteiger partial charge is 0.243 e. The number of nitrogens with zero attached hydrogens (tertiary/aromatic N) is 2. The van der Waals surface area contributed by atoms with E-state index in [9.17, 15) is 9.59 Å². The van der Waals surface area contributed by atoms with Crippen molar-refractivity contribution in [3.8, 4) is 0 Å². The van der Waals surface area contributed by atoms with Crippen LogP contribution in [0.25, 0.3) is 0 Å². The second-order valence-corrected chi connectivity index (χ2v) is 8.01. The first-order chi connectivity index (χ1) is 14.2. The topological polar surface area (TPSA) is 52.7 Å². The Labute approximate surface area is 172 Å². The van der Waals surface area contributed by atoms with Crippen molar-refractivity contribution < 1.29 is 9.59 Å². The Morgan fingerprint density at radius 2 is 1.69 bits per heavy atom. The Hall–Kier alpha value is -2.66. The van der Waals surface area contributed by atoms with Crippen LogP contribution in [0, 0.1) is 0 Å². The molecule has 152 valence electrons. The third-order valence-electron chi connectivity index (χ3n) is 6.03. The molecule has 1 atom stereocenters. The number of anilines is 1. The molecule has 0 bridgehead atoms. The number of rotatable bonds is 5. The number of para-hydroxylation sites is 1. The number of likely N-dealkylation sites (tertiary alicyclic amines) is 1. The summed E-state index contributed by atoms with van der Waals surface area (Å²) in [6.07, 6.45) is 2.89. The monoisotopic (exact) mass is 391 g/mol. The largest absolute Gasteiger partial charge is 0.351 e. The van der Waals surface area contributed by atoms with Crippen LogP contribution >= 0.6 is 0 Å². The van der Waals surface area contributed by atoms with Crippen LogP contribution in [0.2, 0.25) is 0 Å². The first kappa shape index (κ1) is 19.6. The van der Waals surface area contributed by atoms with Crippen molar-refractivity contribution in [1.82, 2.24) is 10.2 Å². The molecule has 0 saturated carbocycles. The number of fused-ring (bicyclic) bond motifs is 1. The van der Waals surface area contributed by atoms with Crippen molar-refractivity contribution in [2.24, 2.45) is 0 Å². The number of nitrogens with one attached hydrogen (secondary N) is 1. The van der Waals surface area contributed by atoms with E-state index in [2.05, 4.69) is 34.5 Å². The molecule has 2 heterocycles. The Morgan fingerprint density at radius 1 is 1.00 bits per heavy atom. The third kappa shape index (κ3) is 4.35. The maximum atomic E-state index is 13.1. The summed E-state index contributed by atoms with van der Waals surface area (Å²) >= 11 is 0. The molecule has 4 rings (SSSR count). The van der Waals surface area contributed by atoms with Gasteiger partial charge < -0.3 is 5.32 Å². The molecule has 0 aliphatic carbocycles. The summed E-state index contributed by atoms with van der Waals surface area (Å²) in [7, 11) is 0. The molecule has 0 spiro atoms. The van der Waals surface area contributed by atoms with Gasteiger partial charge in [-0.1, -0.05) is 55.5 Å². The van der Waals surface area contributed by atoms with Crippen LogP contribution in [0.5, 0.6) is 0 Å². The summed E-state index contributed by atoms with van der Waals surface area (Å²) in [6.45, 7) is 4.75. The van der Waals surface area contributed by atoms with Gasteiger partial charge in [0.25, 0.3) is 0 Å². The molecule has 1 saturated heterocycles. The van der Waals surface area contributed by atoms with Crippen molar-refractivity contribution in [2.45, 2.75) is 51.2 Å². The average molecular weight is 392 g/mol. The van der Waals surface area contributed by atoms with E-state index in [-0.39, 0.29) is 17.9 Å². The van der Waals surface area contributed by atoms with Crippen LogP contribution in [0.3, 0.4) is 0 Å². The first-order valence-electron chi connectivity index (χ1n) is 10.6. The van der Waals surface area contributed by atoms with Gasteiger partial charge in [0.1, 0.15) is 6.04 Å². The highest BCUT2D eigenvalue weighted by Gasteiger charge is 2.38. The lowest BCUT2D eigenvalue weighted by atomic mass is 10.0. The van der Waals surface area contributed by atoms with Gasteiger partial charge in [-0.15, -0.1) is 0 Å². The molecule has 2 amide bonds. The fraction of sp³-hybridized carbons (Fsp3) is 0.417. The molecule has 1 fully saturated rings. The molecule has 0 aromatic heterocycles. The van der Waals surface area contributed by atoms with Gasteiger partial charge in [0.2, 0.25) is 11.8 Å². The maximum absolute atomic E-state index is 13.1. The third-order valence-corrected chi connectivity index (χ3v) is 6.03. The van der Waals surface area contributed by atoms with Gasteiger partial charge in [0, 0.05) is 44.2 Å². The molecular formula is C24H29N3O2. The Bertz CT molecular complexity index is 859. The predicted molar refractivity (Wildman–Crippen MR) is 115 cm³/mol. The van der Waals surface area contributed by atoms with E-state index < -0.39 is 6.04 Å². The summed E-state index contributed by atoms with van der Waals surface area (Å²) < 4.78 is 0. The minimum Gasteiger partial charge on any atom is -0.351 e. The second-order valence-electron chi connectivity index (χ2n) is 8.01. The number of carbonyl (C=O) groups excluding carboxylic acids is 2. The minimum atomic E-state index is -0.429. The van der Waals surface area contributed by atoms with Crippen LogP contribution in [-0.4, -0.2) is 41.9 Å². The highest BCUT2D eigenvalue weighted by molar-refractivity contribution is 6.03. The molecule has 0 unspecified atom stereocenters. The number of hydrogen-bond donors (Lipinski definition) is 1. The molecule has 2 aromatic rings. The molecule has 29 heavy (non-hydrogen) atoms. The van der Waals surface area contributed by atoms with E-state index in [1.54, 1.807) is 4.90 Å². The van der Waals surface area contributed by atoms with Gasteiger partial charge in [0.05, 0.1) is 0 Å². The van der Waals surface area contributed by atoms with Gasteiger partial charge in [-0.2, -0.15) is 0 Å². The van der Waals surface area contributed by atoms with Gasteiger partial charge in [-0.25, -0.2) is 0 Å². The van der Waals surface area contributed by atoms with Crippen molar-refractivity contribution >= 4 is 17.5 Å². The number of hydrogen-bond acceptors (Lipinski definition) is 3. The Balaban J connectivity index is 1.34. The van der Waals surface area contributed by atoms with Crippen molar-refractivity contribution in [3.63, 3.8) is 0 Å². The summed E-state index contributed by atoms with van der Waals surface area (Å²) in [6, 6.07) is 18.1. The molecule has 2 aliphatic rings. The molecular weight excluding hydrogens is 362 g/mol. The lowest BCUT2D eigenvalue weighted by Gasteiger charge is -2.33.